The third-order valence-corrected chi connectivity index (χ3v) is 7.28. The summed E-state index contributed by atoms with van der Waals surface area (Å²) in [6, 6.07) is 10.1. The van der Waals surface area contributed by atoms with Gasteiger partial charge in [0.2, 0.25) is 5.66 Å². The number of para-hydroxylation sites is 1. The van der Waals surface area contributed by atoms with Crippen molar-refractivity contribution in [2.24, 2.45) is 0 Å². The SMILES string of the molecule is C[C@@H]1CC2(CCCC2)N2C(=O)[C@]3(NC(=O)c4ccccc4N3)c3cc(F)cc1c32. The number of nitrogens with zero attached hydrogens (tertiary/aromatic N) is 1. The van der Waals surface area contributed by atoms with Crippen LogP contribution in [0.1, 0.15) is 66.4 Å². The van der Waals surface area contributed by atoms with Crippen LogP contribution in [0.15, 0.2) is 36.4 Å². The monoisotopic (exact) mass is 391 g/mol. The van der Waals surface area contributed by atoms with E-state index in [0.29, 0.717) is 16.8 Å². The van der Waals surface area contributed by atoms with Crippen LogP contribution >= 0.6 is 0 Å². The lowest BCUT2D eigenvalue weighted by Gasteiger charge is -2.46. The minimum absolute atomic E-state index is 0.156. The molecule has 0 unspecified atom stereocenters. The molecule has 3 aliphatic heterocycles. The second-order valence-electron chi connectivity index (χ2n) is 8.94. The number of carbonyl (C=O) groups is 2. The largest absolute Gasteiger partial charge is 0.350 e. The van der Waals surface area contributed by atoms with Gasteiger partial charge in [0, 0.05) is 16.8 Å². The van der Waals surface area contributed by atoms with Crippen LogP contribution in [0.4, 0.5) is 15.8 Å². The molecule has 0 bridgehead atoms. The summed E-state index contributed by atoms with van der Waals surface area (Å²) in [4.78, 5) is 28.9. The minimum atomic E-state index is -1.46. The third kappa shape index (κ3) is 1.99. The van der Waals surface area contributed by atoms with Gasteiger partial charge >= 0.3 is 0 Å². The van der Waals surface area contributed by atoms with E-state index in [1.165, 1.54) is 6.07 Å². The van der Waals surface area contributed by atoms with E-state index in [0.717, 1.165) is 43.4 Å². The molecule has 2 aromatic carbocycles. The molecule has 6 rings (SSSR count). The molecule has 0 saturated heterocycles. The van der Waals surface area contributed by atoms with Crippen LogP contribution in [0.25, 0.3) is 0 Å². The van der Waals surface area contributed by atoms with Gasteiger partial charge in [0.05, 0.1) is 11.3 Å². The van der Waals surface area contributed by atoms with Crippen molar-refractivity contribution < 1.29 is 14.0 Å². The van der Waals surface area contributed by atoms with E-state index >= 15 is 0 Å². The van der Waals surface area contributed by atoms with E-state index in [1.807, 2.05) is 11.0 Å². The fourth-order valence-electron chi connectivity index (χ4n) is 6.10. The average molecular weight is 391 g/mol. The van der Waals surface area contributed by atoms with Crippen molar-refractivity contribution in [2.75, 3.05) is 10.2 Å². The molecule has 1 saturated carbocycles. The summed E-state index contributed by atoms with van der Waals surface area (Å²) < 4.78 is 14.7. The fraction of sp³-hybridized carbons (Fsp3) is 0.391. The summed E-state index contributed by atoms with van der Waals surface area (Å²) in [7, 11) is 0. The number of anilines is 2. The van der Waals surface area contributed by atoms with Crippen LogP contribution in [0, 0.1) is 5.82 Å². The summed E-state index contributed by atoms with van der Waals surface area (Å²) in [6.45, 7) is 2.12. The van der Waals surface area contributed by atoms with Crippen molar-refractivity contribution in [3.05, 3.63) is 58.9 Å². The van der Waals surface area contributed by atoms with Crippen molar-refractivity contribution in [3.63, 3.8) is 0 Å². The zero-order valence-corrected chi connectivity index (χ0v) is 16.2. The predicted octanol–water partition coefficient (Wildman–Crippen LogP) is 4.00. The summed E-state index contributed by atoms with van der Waals surface area (Å²) >= 11 is 0. The van der Waals surface area contributed by atoms with Gasteiger partial charge in [-0.3, -0.25) is 9.59 Å². The van der Waals surface area contributed by atoms with Gasteiger partial charge in [-0.05, 0) is 55.0 Å². The van der Waals surface area contributed by atoms with Crippen molar-refractivity contribution in [2.45, 2.75) is 56.1 Å². The van der Waals surface area contributed by atoms with Gasteiger partial charge in [-0.15, -0.1) is 0 Å². The number of hydrogen-bond acceptors (Lipinski definition) is 3. The lowest BCUT2D eigenvalue weighted by atomic mass is 9.77. The quantitative estimate of drug-likeness (QED) is 0.714. The summed E-state index contributed by atoms with van der Waals surface area (Å²) in [5.41, 5.74) is 1.55. The maximum absolute atomic E-state index is 14.7. The highest BCUT2D eigenvalue weighted by molar-refractivity contribution is 6.16. The van der Waals surface area contributed by atoms with Crippen LogP contribution in [0.5, 0.6) is 0 Å². The van der Waals surface area contributed by atoms with E-state index in [-0.39, 0.29) is 29.1 Å². The number of halogens is 1. The Labute approximate surface area is 168 Å². The molecule has 29 heavy (non-hydrogen) atoms. The normalized spacial score (nSPS) is 28.3. The number of nitrogens with one attached hydrogen (secondary N) is 2. The smallest absolute Gasteiger partial charge is 0.279 e. The first kappa shape index (κ1) is 17.0. The Kier molecular flexibility index (Phi) is 3.15. The summed E-state index contributed by atoms with van der Waals surface area (Å²) in [6.07, 6.45) is 4.88. The molecule has 1 fully saturated rings. The molecule has 1 aliphatic carbocycles. The Hall–Kier alpha value is -2.89. The average Bonchev–Trinajstić information content (AvgIpc) is 3.24. The van der Waals surface area contributed by atoms with Crippen molar-refractivity contribution >= 4 is 23.2 Å². The highest BCUT2D eigenvalue weighted by atomic mass is 19.1. The van der Waals surface area contributed by atoms with E-state index in [1.54, 1.807) is 24.3 Å². The molecule has 0 aromatic heterocycles. The Morgan fingerprint density at radius 2 is 1.86 bits per heavy atom. The number of fused-ring (bicyclic) bond motifs is 3. The number of hydrogen-bond donors (Lipinski definition) is 2. The van der Waals surface area contributed by atoms with Crippen molar-refractivity contribution in [1.29, 1.82) is 0 Å². The molecule has 5 nitrogen and oxygen atoms in total. The van der Waals surface area contributed by atoms with Crippen LogP contribution in [-0.2, 0) is 10.5 Å². The molecule has 3 heterocycles. The van der Waals surface area contributed by atoms with Gasteiger partial charge in [0.25, 0.3) is 11.8 Å². The number of amides is 2. The van der Waals surface area contributed by atoms with Gasteiger partial charge in [0.1, 0.15) is 5.82 Å². The van der Waals surface area contributed by atoms with Gasteiger partial charge < -0.3 is 15.5 Å². The van der Waals surface area contributed by atoms with Gasteiger partial charge in [0.15, 0.2) is 0 Å². The van der Waals surface area contributed by atoms with E-state index in [2.05, 4.69) is 17.6 Å². The molecule has 0 radical (unpaired) electrons. The maximum atomic E-state index is 14.7. The van der Waals surface area contributed by atoms with Crippen LogP contribution < -0.4 is 15.5 Å². The molecule has 148 valence electrons. The van der Waals surface area contributed by atoms with Gasteiger partial charge in [-0.25, -0.2) is 4.39 Å². The highest BCUT2D eigenvalue weighted by Crippen LogP contribution is 2.58. The van der Waals surface area contributed by atoms with Crippen LogP contribution in [-0.4, -0.2) is 17.4 Å². The van der Waals surface area contributed by atoms with Crippen LogP contribution in [0.2, 0.25) is 0 Å². The van der Waals surface area contributed by atoms with Gasteiger partial charge in [-0.1, -0.05) is 31.9 Å². The highest BCUT2D eigenvalue weighted by Gasteiger charge is 2.62. The number of carbonyl (C=O) groups excluding carboxylic acids is 2. The first-order valence-electron chi connectivity index (χ1n) is 10.3. The summed E-state index contributed by atoms with van der Waals surface area (Å²) in [5, 5.41) is 6.20. The Bertz CT molecular complexity index is 1090. The number of benzene rings is 2. The van der Waals surface area contributed by atoms with E-state index in [9.17, 15) is 14.0 Å². The molecule has 2 spiro atoms. The topological polar surface area (TPSA) is 61.4 Å². The van der Waals surface area contributed by atoms with Crippen LogP contribution in [0.3, 0.4) is 0 Å². The molecule has 2 amide bonds. The lowest BCUT2D eigenvalue weighted by molar-refractivity contribution is -0.124. The molecule has 2 N–H and O–H groups in total. The molecule has 2 aromatic rings. The van der Waals surface area contributed by atoms with E-state index in [4.69, 9.17) is 0 Å². The molecule has 4 aliphatic rings. The molecular weight excluding hydrogens is 369 g/mol. The standard InChI is InChI=1S/C23H22FN3O2/c1-13-12-22(8-4-5-9-22)27-19-16(13)10-14(24)11-17(19)23(21(27)29)25-18-7-3-2-6-15(18)20(28)26-23/h2-3,6-7,10-11,13,25H,4-5,8-9,12H2,1H3,(H,26,28)/t13-,23-/m1/s1. The molecule has 2 atom stereocenters. The van der Waals surface area contributed by atoms with E-state index < -0.39 is 5.66 Å². The maximum Gasteiger partial charge on any atom is 0.279 e. The predicted molar refractivity (Wildman–Crippen MR) is 107 cm³/mol. The second-order valence-corrected chi connectivity index (χ2v) is 8.94. The minimum Gasteiger partial charge on any atom is -0.350 e. The third-order valence-electron chi connectivity index (χ3n) is 7.28. The first-order valence-corrected chi connectivity index (χ1v) is 10.3. The fourth-order valence-corrected chi connectivity index (χ4v) is 6.10. The molecule has 6 heteroatoms. The first-order chi connectivity index (χ1) is 14.0. The second kappa shape index (κ2) is 5.38. The zero-order chi connectivity index (χ0) is 20.0. The Morgan fingerprint density at radius 3 is 2.66 bits per heavy atom. The van der Waals surface area contributed by atoms with Crippen molar-refractivity contribution in [1.82, 2.24) is 5.32 Å². The zero-order valence-electron chi connectivity index (χ0n) is 16.2. The lowest BCUT2D eigenvalue weighted by Crippen LogP contribution is -2.63. The Balaban J connectivity index is 1.62. The summed E-state index contributed by atoms with van der Waals surface area (Å²) in [5.74, 6) is -0.740. The molecular formula is C23H22FN3O2. The number of rotatable bonds is 0. The Morgan fingerprint density at radius 1 is 1.10 bits per heavy atom. The van der Waals surface area contributed by atoms with Crippen molar-refractivity contribution in [3.8, 4) is 0 Å². The van der Waals surface area contributed by atoms with Gasteiger partial charge in [-0.2, -0.15) is 0 Å².